The number of rotatable bonds is 7. The van der Waals surface area contributed by atoms with Gasteiger partial charge in [0, 0.05) is 6.04 Å². The van der Waals surface area contributed by atoms with Gasteiger partial charge in [0.05, 0.1) is 6.54 Å². The highest BCUT2D eigenvalue weighted by molar-refractivity contribution is 5.78. The fourth-order valence-electron chi connectivity index (χ4n) is 2.90. The van der Waals surface area contributed by atoms with Gasteiger partial charge in [-0.05, 0) is 38.1 Å². The van der Waals surface area contributed by atoms with Crippen LogP contribution in [0.4, 0.5) is 0 Å². The summed E-state index contributed by atoms with van der Waals surface area (Å²) in [4.78, 5) is 11.7. The summed E-state index contributed by atoms with van der Waals surface area (Å²) in [5.41, 5.74) is 0. The molecule has 0 heterocycles. The van der Waals surface area contributed by atoms with E-state index in [0.717, 1.165) is 31.2 Å². The van der Waals surface area contributed by atoms with E-state index in [4.69, 9.17) is 0 Å². The van der Waals surface area contributed by atoms with Crippen LogP contribution in [0.25, 0.3) is 0 Å². The Morgan fingerprint density at radius 1 is 1.33 bits per heavy atom. The van der Waals surface area contributed by atoms with Crippen molar-refractivity contribution < 1.29 is 4.79 Å². The van der Waals surface area contributed by atoms with Crippen molar-refractivity contribution >= 4 is 5.91 Å². The fourth-order valence-corrected chi connectivity index (χ4v) is 2.90. The Kier molecular flexibility index (Phi) is 7.33. The molecule has 1 aliphatic rings. The third-order valence-electron chi connectivity index (χ3n) is 4.11. The number of hydrogen-bond donors (Lipinski definition) is 2. The zero-order valence-corrected chi connectivity index (χ0v) is 12.3. The normalized spacial score (nSPS) is 25.7. The highest BCUT2D eigenvalue weighted by Gasteiger charge is 2.20. The zero-order chi connectivity index (χ0) is 13.4. The van der Waals surface area contributed by atoms with Gasteiger partial charge in [-0.3, -0.25) is 4.79 Å². The minimum atomic E-state index is 0.138. The standard InChI is InChI=1S/C15H30N2O/c1-4-7-13(3)17-15(18)11-16-10-14-9-6-5-8-12(14)2/h12-14,16H,4-11H2,1-3H3,(H,17,18). The molecular formula is C15H30N2O. The first-order valence-corrected chi connectivity index (χ1v) is 7.63. The van der Waals surface area contributed by atoms with Gasteiger partial charge in [0.2, 0.25) is 5.91 Å². The van der Waals surface area contributed by atoms with Crippen molar-refractivity contribution in [1.29, 1.82) is 0 Å². The van der Waals surface area contributed by atoms with Gasteiger partial charge in [0.1, 0.15) is 0 Å². The SMILES string of the molecule is CCCC(C)NC(=O)CNCC1CCCCC1C. The summed E-state index contributed by atoms with van der Waals surface area (Å²) in [5.74, 6) is 1.72. The number of nitrogens with one attached hydrogen (secondary N) is 2. The van der Waals surface area contributed by atoms with Crippen LogP contribution in [0.5, 0.6) is 0 Å². The molecule has 0 radical (unpaired) electrons. The van der Waals surface area contributed by atoms with Gasteiger partial charge in [0.15, 0.2) is 0 Å². The lowest BCUT2D eigenvalue weighted by Gasteiger charge is -2.28. The topological polar surface area (TPSA) is 41.1 Å². The van der Waals surface area contributed by atoms with Gasteiger partial charge in [-0.2, -0.15) is 0 Å². The summed E-state index contributed by atoms with van der Waals surface area (Å²) < 4.78 is 0. The van der Waals surface area contributed by atoms with Gasteiger partial charge in [0.25, 0.3) is 0 Å². The molecule has 1 fully saturated rings. The molecule has 1 saturated carbocycles. The zero-order valence-electron chi connectivity index (χ0n) is 12.3. The van der Waals surface area contributed by atoms with Crippen molar-refractivity contribution in [3.05, 3.63) is 0 Å². The van der Waals surface area contributed by atoms with E-state index < -0.39 is 0 Å². The Hall–Kier alpha value is -0.570. The summed E-state index contributed by atoms with van der Waals surface area (Å²) in [6, 6.07) is 0.304. The second kappa shape index (κ2) is 8.52. The second-order valence-corrected chi connectivity index (χ2v) is 5.91. The lowest BCUT2D eigenvalue weighted by Crippen LogP contribution is -2.41. The molecule has 18 heavy (non-hydrogen) atoms. The average molecular weight is 254 g/mol. The lowest BCUT2D eigenvalue weighted by molar-refractivity contribution is -0.120. The fraction of sp³-hybridized carbons (Fsp3) is 0.933. The highest BCUT2D eigenvalue weighted by Crippen LogP contribution is 2.28. The summed E-state index contributed by atoms with van der Waals surface area (Å²) >= 11 is 0. The highest BCUT2D eigenvalue weighted by atomic mass is 16.1. The maximum atomic E-state index is 11.7. The quantitative estimate of drug-likeness (QED) is 0.733. The summed E-state index contributed by atoms with van der Waals surface area (Å²) in [6.07, 6.45) is 7.59. The van der Waals surface area contributed by atoms with E-state index in [-0.39, 0.29) is 5.91 Å². The first-order chi connectivity index (χ1) is 8.63. The van der Waals surface area contributed by atoms with Gasteiger partial charge in [-0.1, -0.05) is 39.5 Å². The second-order valence-electron chi connectivity index (χ2n) is 5.91. The minimum absolute atomic E-state index is 0.138. The van der Waals surface area contributed by atoms with E-state index in [9.17, 15) is 4.79 Å². The minimum Gasteiger partial charge on any atom is -0.353 e. The number of carbonyl (C=O) groups excluding carboxylic acids is 1. The molecule has 0 aromatic rings. The smallest absolute Gasteiger partial charge is 0.234 e. The van der Waals surface area contributed by atoms with Gasteiger partial charge in [-0.25, -0.2) is 0 Å². The molecule has 0 saturated heterocycles. The molecule has 3 atom stereocenters. The Morgan fingerprint density at radius 3 is 2.72 bits per heavy atom. The number of hydrogen-bond acceptors (Lipinski definition) is 2. The summed E-state index contributed by atoms with van der Waals surface area (Å²) in [6.45, 7) is 8.03. The Morgan fingerprint density at radius 2 is 2.06 bits per heavy atom. The Labute approximate surface area is 112 Å². The predicted octanol–water partition coefficient (Wildman–Crippen LogP) is 2.71. The molecule has 0 bridgehead atoms. The van der Waals surface area contributed by atoms with Gasteiger partial charge < -0.3 is 10.6 Å². The molecule has 2 N–H and O–H groups in total. The molecule has 0 aliphatic heterocycles. The van der Waals surface area contributed by atoms with Crippen LogP contribution in [0.15, 0.2) is 0 Å². The van der Waals surface area contributed by atoms with E-state index in [1.165, 1.54) is 25.7 Å². The molecule has 1 amide bonds. The molecule has 3 unspecified atom stereocenters. The van der Waals surface area contributed by atoms with E-state index in [0.29, 0.717) is 12.6 Å². The van der Waals surface area contributed by atoms with E-state index in [1.54, 1.807) is 0 Å². The summed E-state index contributed by atoms with van der Waals surface area (Å²) in [7, 11) is 0. The van der Waals surface area contributed by atoms with Crippen LogP contribution in [0.2, 0.25) is 0 Å². The first-order valence-electron chi connectivity index (χ1n) is 7.63. The van der Waals surface area contributed by atoms with Gasteiger partial charge >= 0.3 is 0 Å². The van der Waals surface area contributed by atoms with Crippen molar-refractivity contribution in [1.82, 2.24) is 10.6 Å². The maximum Gasteiger partial charge on any atom is 0.234 e. The monoisotopic (exact) mass is 254 g/mol. The van der Waals surface area contributed by atoms with Gasteiger partial charge in [-0.15, -0.1) is 0 Å². The van der Waals surface area contributed by atoms with Crippen LogP contribution in [-0.4, -0.2) is 25.0 Å². The molecule has 3 heteroatoms. The molecular weight excluding hydrogens is 224 g/mol. The van der Waals surface area contributed by atoms with E-state index >= 15 is 0 Å². The van der Waals surface area contributed by atoms with E-state index in [1.807, 2.05) is 0 Å². The third kappa shape index (κ3) is 5.85. The Balaban J connectivity index is 2.11. The van der Waals surface area contributed by atoms with Crippen LogP contribution in [0.1, 0.15) is 59.3 Å². The lowest BCUT2D eigenvalue weighted by atomic mass is 9.80. The molecule has 1 rings (SSSR count). The molecule has 0 aromatic heterocycles. The van der Waals surface area contributed by atoms with Crippen LogP contribution in [0.3, 0.4) is 0 Å². The molecule has 0 aromatic carbocycles. The maximum absolute atomic E-state index is 11.7. The third-order valence-corrected chi connectivity index (χ3v) is 4.11. The van der Waals surface area contributed by atoms with Crippen molar-refractivity contribution in [2.75, 3.05) is 13.1 Å². The molecule has 3 nitrogen and oxygen atoms in total. The van der Waals surface area contributed by atoms with Crippen LogP contribution in [0, 0.1) is 11.8 Å². The van der Waals surface area contributed by atoms with Crippen LogP contribution < -0.4 is 10.6 Å². The van der Waals surface area contributed by atoms with Crippen molar-refractivity contribution in [3.8, 4) is 0 Å². The van der Waals surface area contributed by atoms with Crippen molar-refractivity contribution in [2.45, 2.75) is 65.3 Å². The predicted molar refractivity (Wildman–Crippen MR) is 76.5 cm³/mol. The molecule has 106 valence electrons. The van der Waals surface area contributed by atoms with Crippen LogP contribution in [-0.2, 0) is 4.79 Å². The number of amides is 1. The average Bonchev–Trinajstić information content (AvgIpc) is 2.31. The van der Waals surface area contributed by atoms with Crippen molar-refractivity contribution in [3.63, 3.8) is 0 Å². The Bertz CT molecular complexity index is 243. The molecule has 0 spiro atoms. The van der Waals surface area contributed by atoms with Crippen LogP contribution >= 0.6 is 0 Å². The molecule has 1 aliphatic carbocycles. The van der Waals surface area contributed by atoms with E-state index in [2.05, 4.69) is 31.4 Å². The summed E-state index contributed by atoms with van der Waals surface area (Å²) in [5, 5.41) is 6.35. The van der Waals surface area contributed by atoms with Crippen molar-refractivity contribution in [2.24, 2.45) is 11.8 Å². The largest absolute Gasteiger partial charge is 0.353 e. The number of carbonyl (C=O) groups is 1. The first kappa shape index (κ1) is 15.5.